The van der Waals surface area contributed by atoms with Gasteiger partial charge in [-0.3, -0.25) is 9.52 Å². The van der Waals surface area contributed by atoms with Crippen molar-refractivity contribution in [3.05, 3.63) is 54.1 Å². The number of carbonyl (C=O) groups is 1. The third-order valence-electron chi connectivity index (χ3n) is 3.70. The Morgan fingerprint density at radius 3 is 2.22 bits per heavy atom. The van der Waals surface area contributed by atoms with Gasteiger partial charge in [-0.1, -0.05) is 6.92 Å². The van der Waals surface area contributed by atoms with E-state index in [-0.39, 0.29) is 10.8 Å². The number of carbonyl (C=O) groups excluding carboxylic acids is 1. The predicted molar refractivity (Wildman–Crippen MR) is 106 cm³/mol. The molecule has 0 saturated heterocycles. The van der Waals surface area contributed by atoms with Crippen molar-refractivity contribution in [1.82, 2.24) is 5.43 Å². The first-order valence-electron chi connectivity index (χ1n) is 8.55. The fraction of sp³-hybridized carbons (Fsp3) is 0.263. The molecule has 1 amide bonds. The van der Waals surface area contributed by atoms with Gasteiger partial charge in [0.05, 0.1) is 11.5 Å². The molecule has 0 aliphatic rings. The Morgan fingerprint density at radius 2 is 1.67 bits per heavy atom. The number of sulfonamides is 1. The van der Waals surface area contributed by atoms with Gasteiger partial charge in [-0.2, -0.15) is 5.10 Å². The SMILES string of the molecule is CCOc1ccc(S(=O)(=O)Nc2ccc(C(=O)N/N=C(/C)CC)cc2)cc1. The summed E-state index contributed by atoms with van der Waals surface area (Å²) in [7, 11) is -3.73. The summed E-state index contributed by atoms with van der Waals surface area (Å²) in [5, 5.41) is 3.96. The predicted octanol–water partition coefficient (Wildman–Crippen LogP) is 3.40. The van der Waals surface area contributed by atoms with Crippen molar-refractivity contribution in [2.75, 3.05) is 11.3 Å². The Kier molecular flexibility index (Phi) is 6.95. The lowest BCUT2D eigenvalue weighted by Crippen LogP contribution is -2.19. The van der Waals surface area contributed by atoms with E-state index in [9.17, 15) is 13.2 Å². The Bertz CT molecular complexity index is 905. The van der Waals surface area contributed by atoms with Gasteiger partial charge in [0.25, 0.3) is 15.9 Å². The van der Waals surface area contributed by atoms with E-state index in [2.05, 4.69) is 15.2 Å². The Balaban J connectivity index is 2.07. The summed E-state index contributed by atoms with van der Waals surface area (Å²) in [6.07, 6.45) is 0.743. The van der Waals surface area contributed by atoms with Gasteiger partial charge in [0.15, 0.2) is 0 Å². The molecule has 0 fully saturated rings. The van der Waals surface area contributed by atoms with Gasteiger partial charge >= 0.3 is 0 Å². The molecule has 0 aliphatic heterocycles. The van der Waals surface area contributed by atoms with Crippen LogP contribution in [0, 0.1) is 0 Å². The number of benzene rings is 2. The third kappa shape index (κ3) is 5.82. The number of hydrogen-bond donors (Lipinski definition) is 2. The number of nitrogens with one attached hydrogen (secondary N) is 2. The van der Waals surface area contributed by atoms with Gasteiger partial charge in [0.2, 0.25) is 0 Å². The van der Waals surface area contributed by atoms with Gasteiger partial charge < -0.3 is 4.74 Å². The van der Waals surface area contributed by atoms with Crippen LogP contribution in [0.25, 0.3) is 0 Å². The summed E-state index contributed by atoms with van der Waals surface area (Å²) in [6, 6.07) is 12.3. The maximum absolute atomic E-state index is 12.5. The number of nitrogens with zero attached hydrogens (tertiary/aromatic N) is 1. The molecule has 2 rings (SSSR count). The minimum absolute atomic E-state index is 0.122. The zero-order valence-corrected chi connectivity index (χ0v) is 16.3. The summed E-state index contributed by atoms with van der Waals surface area (Å²) < 4.78 is 32.7. The molecular weight excluding hydrogens is 366 g/mol. The summed E-state index contributed by atoms with van der Waals surface area (Å²) >= 11 is 0. The minimum atomic E-state index is -3.73. The van der Waals surface area contributed by atoms with Crippen molar-refractivity contribution in [1.29, 1.82) is 0 Å². The van der Waals surface area contributed by atoms with E-state index in [1.807, 2.05) is 20.8 Å². The molecule has 144 valence electrons. The average Bonchev–Trinajstić information content (AvgIpc) is 2.66. The molecule has 8 heteroatoms. The molecule has 2 aromatic carbocycles. The number of ether oxygens (including phenoxy) is 1. The number of hydrogen-bond acceptors (Lipinski definition) is 5. The molecule has 0 atom stereocenters. The van der Waals surface area contributed by atoms with Crippen LogP contribution < -0.4 is 14.9 Å². The highest BCUT2D eigenvalue weighted by molar-refractivity contribution is 7.92. The topological polar surface area (TPSA) is 96.9 Å². The van der Waals surface area contributed by atoms with Gasteiger partial charge in [-0.05, 0) is 68.8 Å². The lowest BCUT2D eigenvalue weighted by Gasteiger charge is -2.10. The lowest BCUT2D eigenvalue weighted by molar-refractivity contribution is 0.0954. The minimum Gasteiger partial charge on any atom is -0.494 e. The number of rotatable bonds is 8. The summed E-state index contributed by atoms with van der Waals surface area (Å²) in [5.74, 6) is 0.247. The van der Waals surface area contributed by atoms with Crippen molar-refractivity contribution in [2.45, 2.75) is 32.1 Å². The quantitative estimate of drug-likeness (QED) is 0.534. The molecule has 0 spiro atoms. The average molecular weight is 389 g/mol. The van der Waals surface area contributed by atoms with Crippen LogP contribution in [0.3, 0.4) is 0 Å². The highest BCUT2D eigenvalue weighted by Gasteiger charge is 2.14. The second-order valence-electron chi connectivity index (χ2n) is 5.73. The van der Waals surface area contributed by atoms with Crippen LogP contribution in [0.5, 0.6) is 5.75 Å². The van der Waals surface area contributed by atoms with Crippen LogP contribution in [0.15, 0.2) is 58.5 Å². The van der Waals surface area contributed by atoms with Crippen molar-refractivity contribution >= 4 is 27.3 Å². The van der Waals surface area contributed by atoms with Crippen LogP contribution in [-0.2, 0) is 10.0 Å². The second kappa shape index (κ2) is 9.18. The van der Waals surface area contributed by atoms with E-state index in [1.165, 1.54) is 36.4 Å². The van der Waals surface area contributed by atoms with E-state index in [4.69, 9.17) is 4.74 Å². The zero-order valence-electron chi connectivity index (χ0n) is 15.5. The Labute approximate surface area is 159 Å². The molecule has 2 aromatic rings. The highest BCUT2D eigenvalue weighted by atomic mass is 32.2. The number of hydrazone groups is 1. The molecule has 2 N–H and O–H groups in total. The summed E-state index contributed by atoms with van der Waals surface area (Å²) in [6.45, 7) is 6.12. The molecule has 0 aromatic heterocycles. The molecular formula is C19H23N3O4S. The summed E-state index contributed by atoms with van der Waals surface area (Å²) in [4.78, 5) is 12.1. The zero-order chi connectivity index (χ0) is 19.9. The molecule has 7 nitrogen and oxygen atoms in total. The summed E-state index contributed by atoms with van der Waals surface area (Å²) in [5.41, 5.74) is 4.00. The van der Waals surface area contributed by atoms with Crippen molar-refractivity contribution in [2.24, 2.45) is 5.10 Å². The van der Waals surface area contributed by atoms with Crippen LogP contribution in [-0.4, -0.2) is 26.6 Å². The number of anilines is 1. The van der Waals surface area contributed by atoms with Crippen LogP contribution >= 0.6 is 0 Å². The van der Waals surface area contributed by atoms with E-state index < -0.39 is 10.0 Å². The third-order valence-corrected chi connectivity index (χ3v) is 5.10. The number of amides is 1. The van der Waals surface area contributed by atoms with Crippen molar-refractivity contribution in [3.8, 4) is 5.75 Å². The van der Waals surface area contributed by atoms with E-state index >= 15 is 0 Å². The highest BCUT2D eigenvalue weighted by Crippen LogP contribution is 2.19. The van der Waals surface area contributed by atoms with E-state index in [0.717, 1.165) is 12.1 Å². The van der Waals surface area contributed by atoms with Crippen LogP contribution in [0.2, 0.25) is 0 Å². The van der Waals surface area contributed by atoms with Crippen LogP contribution in [0.1, 0.15) is 37.6 Å². The monoisotopic (exact) mass is 389 g/mol. The molecule has 0 radical (unpaired) electrons. The lowest BCUT2D eigenvalue weighted by atomic mass is 10.2. The van der Waals surface area contributed by atoms with Crippen molar-refractivity contribution < 1.29 is 17.9 Å². The molecule has 0 saturated carbocycles. The van der Waals surface area contributed by atoms with E-state index in [1.54, 1.807) is 12.1 Å². The fourth-order valence-corrected chi connectivity index (χ4v) is 3.13. The van der Waals surface area contributed by atoms with Gasteiger partial charge in [0.1, 0.15) is 5.75 Å². The van der Waals surface area contributed by atoms with Crippen LogP contribution in [0.4, 0.5) is 5.69 Å². The molecule has 0 unspecified atom stereocenters. The first-order chi connectivity index (χ1) is 12.9. The Morgan fingerprint density at radius 1 is 1.04 bits per heavy atom. The van der Waals surface area contributed by atoms with Gasteiger partial charge in [-0.25, -0.2) is 13.8 Å². The smallest absolute Gasteiger partial charge is 0.271 e. The first-order valence-corrected chi connectivity index (χ1v) is 10.0. The van der Waals surface area contributed by atoms with Crippen molar-refractivity contribution in [3.63, 3.8) is 0 Å². The maximum atomic E-state index is 12.5. The standard InChI is InChI=1S/C19H23N3O4S/c1-4-14(3)20-21-19(23)15-6-8-16(9-7-15)22-27(24,25)18-12-10-17(11-13-18)26-5-2/h6-13,22H,4-5H2,1-3H3,(H,21,23)/b20-14-. The molecule has 0 aliphatic carbocycles. The van der Waals surface area contributed by atoms with Gasteiger partial charge in [0, 0.05) is 17.0 Å². The first kappa shape index (κ1) is 20.4. The second-order valence-corrected chi connectivity index (χ2v) is 7.41. The fourth-order valence-electron chi connectivity index (χ4n) is 2.08. The normalized spacial score (nSPS) is 11.7. The molecule has 0 bridgehead atoms. The maximum Gasteiger partial charge on any atom is 0.271 e. The Hall–Kier alpha value is -2.87. The molecule has 0 heterocycles. The largest absolute Gasteiger partial charge is 0.494 e. The molecule has 27 heavy (non-hydrogen) atoms. The van der Waals surface area contributed by atoms with Gasteiger partial charge in [-0.15, -0.1) is 0 Å². The van der Waals surface area contributed by atoms with E-state index in [0.29, 0.717) is 23.6 Å².